The van der Waals surface area contributed by atoms with Crippen LogP contribution in [0.1, 0.15) is 11.3 Å². The molecule has 31 heavy (non-hydrogen) atoms. The summed E-state index contributed by atoms with van der Waals surface area (Å²) < 4.78 is 31.1. The van der Waals surface area contributed by atoms with Crippen LogP contribution in [0.4, 0.5) is 11.4 Å². The number of aryl methyl sites for hydroxylation is 2. The molecule has 0 aliphatic heterocycles. The lowest BCUT2D eigenvalue weighted by atomic mass is 10.2. The van der Waals surface area contributed by atoms with Crippen molar-refractivity contribution in [2.24, 2.45) is 7.05 Å². The van der Waals surface area contributed by atoms with Crippen LogP contribution in [0.15, 0.2) is 53.8 Å². The van der Waals surface area contributed by atoms with Crippen molar-refractivity contribution >= 4 is 32.4 Å². The molecule has 156 valence electrons. The summed E-state index contributed by atoms with van der Waals surface area (Å²) in [5.74, 6) is 0.803. The molecule has 0 aliphatic rings. The average Bonchev–Trinajstić information content (AvgIpc) is 3.10. The zero-order valence-corrected chi connectivity index (χ0v) is 17.8. The zero-order valence-electron chi connectivity index (χ0n) is 17.0. The Hall–Kier alpha value is -3.97. The van der Waals surface area contributed by atoms with Gasteiger partial charge in [0, 0.05) is 25.1 Å². The molecule has 0 aliphatic carbocycles. The molecular formula is C21H18N6O3S. The minimum absolute atomic E-state index is 0.239. The molecule has 1 N–H and O–H groups in total. The first kappa shape index (κ1) is 20.3. The van der Waals surface area contributed by atoms with E-state index < -0.39 is 9.84 Å². The molecule has 0 bridgehead atoms. The highest BCUT2D eigenvalue weighted by molar-refractivity contribution is 7.90. The number of aromatic nitrogens is 4. The Labute approximate surface area is 178 Å². The highest BCUT2D eigenvalue weighted by Gasteiger charge is 2.14. The summed E-state index contributed by atoms with van der Waals surface area (Å²) in [6.45, 7) is 1.82. The molecule has 4 aromatic rings. The fraction of sp³-hybridized carbons (Fsp3) is 0.143. The van der Waals surface area contributed by atoms with Gasteiger partial charge in [-0.1, -0.05) is 0 Å². The number of rotatable bonds is 5. The van der Waals surface area contributed by atoms with Crippen molar-refractivity contribution in [3.63, 3.8) is 0 Å². The largest absolute Gasteiger partial charge is 0.437 e. The summed E-state index contributed by atoms with van der Waals surface area (Å²) >= 11 is 0. The lowest BCUT2D eigenvalue weighted by Crippen LogP contribution is -1.99. The standard InChI is InChI=1S/C21H18N6O3S/c1-13-8-15(10-22)23-11-18(13)30-19-9-17(20-21(26-19)27(2)12-24-20)25-14-4-6-16(7-5-14)31(3,28)29/h4-9,11-12H,1-3H3,(H,25,26). The molecule has 0 amide bonds. The van der Waals surface area contributed by atoms with Crippen LogP contribution < -0.4 is 10.1 Å². The summed E-state index contributed by atoms with van der Waals surface area (Å²) in [5.41, 5.74) is 3.63. The van der Waals surface area contributed by atoms with E-state index in [1.807, 2.05) is 20.0 Å². The number of hydrogen-bond acceptors (Lipinski definition) is 8. The van der Waals surface area contributed by atoms with Gasteiger partial charge >= 0.3 is 0 Å². The first-order valence-corrected chi connectivity index (χ1v) is 11.1. The van der Waals surface area contributed by atoms with Gasteiger partial charge in [-0.05, 0) is 42.8 Å². The zero-order chi connectivity index (χ0) is 22.2. The number of fused-ring (bicyclic) bond motifs is 1. The third-order valence-corrected chi connectivity index (χ3v) is 5.73. The minimum atomic E-state index is -3.27. The third-order valence-electron chi connectivity index (χ3n) is 4.60. The second-order valence-corrected chi connectivity index (χ2v) is 9.02. The Balaban J connectivity index is 1.71. The van der Waals surface area contributed by atoms with Gasteiger partial charge in [-0.2, -0.15) is 10.2 Å². The number of ether oxygens (including phenoxy) is 1. The lowest BCUT2D eigenvalue weighted by molar-refractivity contribution is 0.459. The molecule has 3 aromatic heterocycles. The maximum atomic E-state index is 11.7. The molecule has 3 heterocycles. The Morgan fingerprint density at radius 1 is 1.16 bits per heavy atom. The van der Waals surface area contributed by atoms with Crippen LogP contribution in [0, 0.1) is 18.3 Å². The van der Waals surface area contributed by atoms with E-state index in [1.165, 1.54) is 24.6 Å². The summed E-state index contributed by atoms with van der Waals surface area (Å²) in [6.07, 6.45) is 4.30. The number of pyridine rings is 2. The molecule has 0 saturated carbocycles. The number of hydrogen-bond donors (Lipinski definition) is 1. The molecule has 10 heteroatoms. The number of nitriles is 1. The van der Waals surface area contributed by atoms with Crippen LogP contribution in [0.25, 0.3) is 11.2 Å². The van der Waals surface area contributed by atoms with E-state index in [0.717, 1.165) is 5.56 Å². The highest BCUT2D eigenvalue weighted by Crippen LogP contribution is 2.31. The van der Waals surface area contributed by atoms with Gasteiger partial charge in [0.05, 0.1) is 23.1 Å². The van der Waals surface area contributed by atoms with Crippen molar-refractivity contribution < 1.29 is 13.2 Å². The molecule has 4 rings (SSSR count). The van der Waals surface area contributed by atoms with Gasteiger partial charge < -0.3 is 14.6 Å². The molecule has 0 radical (unpaired) electrons. The smallest absolute Gasteiger partial charge is 0.223 e. The number of nitrogens with one attached hydrogen (secondary N) is 1. The maximum absolute atomic E-state index is 11.7. The van der Waals surface area contributed by atoms with Gasteiger partial charge in [0.2, 0.25) is 5.88 Å². The predicted octanol–water partition coefficient (Wildman–Crippen LogP) is 3.48. The van der Waals surface area contributed by atoms with E-state index in [4.69, 9.17) is 10.00 Å². The maximum Gasteiger partial charge on any atom is 0.223 e. The Morgan fingerprint density at radius 3 is 2.55 bits per heavy atom. The first-order chi connectivity index (χ1) is 14.7. The van der Waals surface area contributed by atoms with E-state index in [-0.39, 0.29) is 4.90 Å². The van der Waals surface area contributed by atoms with Crippen LogP contribution >= 0.6 is 0 Å². The lowest BCUT2D eigenvalue weighted by Gasteiger charge is -2.12. The van der Waals surface area contributed by atoms with Gasteiger partial charge in [0.15, 0.2) is 21.2 Å². The molecule has 0 spiro atoms. The van der Waals surface area contributed by atoms with E-state index in [9.17, 15) is 8.42 Å². The van der Waals surface area contributed by atoms with Gasteiger partial charge in [-0.15, -0.1) is 0 Å². The summed E-state index contributed by atoms with van der Waals surface area (Å²) in [5, 5.41) is 12.2. The van der Waals surface area contributed by atoms with Crippen molar-refractivity contribution in [3.05, 3.63) is 60.2 Å². The van der Waals surface area contributed by atoms with Gasteiger partial charge in [0.1, 0.15) is 17.3 Å². The first-order valence-electron chi connectivity index (χ1n) is 9.18. The van der Waals surface area contributed by atoms with E-state index in [0.29, 0.717) is 39.9 Å². The Morgan fingerprint density at radius 2 is 1.90 bits per heavy atom. The minimum Gasteiger partial charge on any atom is -0.437 e. The van der Waals surface area contributed by atoms with Crippen molar-refractivity contribution in [3.8, 4) is 17.7 Å². The van der Waals surface area contributed by atoms with Crippen LogP contribution in [0.5, 0.6) is 11.6 Å². The van der Waals surface area contributed by atoms with Crippen molar-refractivity contribution in [2.45, 2.75) is 11.8 Å². The average molecular weight is 434 g/mol. The summed E-state index contributed by atoms with van der Waals surface area (Å²) in [4.78, 5) is 13.2. The molecule has 0 fully saturated rings. The van der Waals surface area contributed by atoms with Crippen LogP contribution in [0.2, 0.25) is 0 Å². The topological polar surface area (TPSA) is 123 Å². The number of nitrogens with zero attached hydrogens (tertiary/aromatic N) is 5. The number of benzene rings is 1. The molecule has 9 nitrogen and oxygen atoms in total. The van der Waals surface area contributed by atoms with Gasteiger partial charge in [-0.25, -0.2) is 18.4 Å². The van der Waals surface area contributed by atoms with Crippen molar-refractivity contribution in [2.75, 3.05) is 11.6 Å². The number of anilines is 2. The van der Waals surface area contributed by atoms with Crippen LogP contribution in [-0.4, -0.2) is 34.2 Å². The predicted molar refractivity (Wildman–Crippen MR) is 115 cm³/mol. The monoisotopic (exact) mass is 434 g/mol. The molecular weight excluding hydrogens is 416 g/mol. The number of sulfone groups is 1. The van der Waals surface area contributed by atoms with Crippen LogP contribution in [-0.2, 0) is 16.9 Å². The Kier molecular flexibility index (Phi) is 5.04. The van der Waals surface area contributed by atoms with E-state index in [2.05, 4.69) is 20.3 Å². The third kappa shape index (κ3) is 4.17. The second-order valence-electron chi connectivity index (χ2n) is 7.01. The summed E-state index contributed by atoms with van der Waals surface area (Å²) in [6, 6.07) is 11.8. The summed E-state index contributed by atoms with van der Waals surface area (Å²) in [7, 11) is -1.45. The molecule has 1 aromatic carbocycles. The van der Waals surface area contributed by atoms with Gasteiger partial charge in [0.25, 0.3) is 0 Å². The van der Waals surface area contributed by atoms with E-state index >= 15 is 0 Å². The van der Waals surface area contributed by atoms with Crippen molar-refractivity contribution in [1.82, 2.24) is 19.5 Å². The fourth-order valence-corrected chi connectivity index (χ4v) is 3.62. The Bertz CT molecular complexity index is 1440. The van der Waals surface area contributed by atoms with Crippen molar-refractivity contribution in [1.29, 1.82) is 5.26 Å². The number of imidazole rings is 1. The van der Waals surface area contributed by atoms with Gasteiger partial charge in [-0.3, -0.25) is 0 Å². The fourth-order valence-electron chi connectivity index (χ4n) is 2.99. The highest BCUT2D eigenvalue weighted by atomic mass is 32.2. The molecule has 0 atom stereocenters. The molecule has 0 saturated heterocycles. The molecule has 0 unspecified atom stereocenters. The van der Waals surface area contributed by atoms with Crippen LogP contribution in [0.3, 0.4) is 0 Å². The SMILES string of the molecule is Cc1cc(C#N)ncc1Oc1cc(Nc2ccc(S(C)(=O)=O)cc2)c2ncn(C)c2n1. The normalized spacial score (nSPS) is 11.3. The van der Waals surface area contributed by atoms with E-state index in [1.54, 1.807) is 35.2 Å². The second kappa shape index (κ2) is 7.70. The quantitative estimate of drug-likeness (QED) is 0.506.